The Hall–Kier alpha value is -2.11. The van der Waals surface area contributed by atoms with E-state index in [1.54, 1.807) is 6.20 Å². The normalized spacial score (nSPS) is 15.6. The van der Waals surface area contributed by atoms with Gasteiger partial charge in [0.15, 0.2) is 0 Å². The molecule has 0 unspecified atom stereocenters. The van der Waals surface area contributed by atoms with Crippen molar-refractivity contribution in [3.63, 3.8) is 0 Å². The fourth-order valence-corrected chi connectivity index (χ4v) is 2.31. The van der Waals surface area contributed by atoms with Crippen LogP contribution in [0.1, 0.15) is 12.8 Å². The summed E-state index contributed by atoms with van der Waals surface area (Å²) in [7, 11) is 0. The maximum absolute atomic E-state index is 5.94. The highest BCUT2D eigenvalue weighted by Crippen LogP contribution is 2.30. The molecule has 0 atom stereocenters. The summed E-state index contributed by atoms with van der Waals surface area (Å²) in [6.45, 7) is 2.06. The fraction of sp³-hybridized carbons (Fsp3) is 0.364. The lowest BCUT2D eigenvalue weighted by molar-refractivity contribution is 0.949. The number of nitrogen functional groups attached to an aromatic ring is 2. The molecule has 0 radical (unpaired) electrons. The molecule has 0 aromatic carbocycles. The number of aromatic nitrogens is 3. The zero-order valence-electron chi connectivity index (χ0n) is 9.43. The number of fused-ring (bicyclic) bond motifs is 1. The van der Waals surface area contributed by atoms with Crippen LogP contribution >= 0.6 is 0 Å². The van der Waals surface area contributed by atoms with Gasteiger partial charge < -0.3 is 16.4 Å². The van der Waals surface area contributed by atoms with Crippen LogP contribution in [0, 0.1) is 0 Å². The predicted octanol–water partition coefficient (Wildman–Crippen LogP) is 0.789. The van der Waals surface area contributed by atoms with Crippen LogP contribution in [-0.2, 0) is 0 Å². The van der Waals surface area contributed by atoms with E-state index in [0.29, 0.717) is 11.3 Å². The van der Waals surface area contributed by atoms with E-state index in [-0.39, 0.29) is 5.95 Å². The molecular weight excluding hydrogens is 216 g/mol. The highest BCUT2D eigenvalue weighted by molar-refractivity contribution is 5.99. The Balaban J connectivity index is 2.24. The number of anilines is 3. The molecule has 17 heavy (non-hydrogen) atoms. The lowest BCUT2D eigenvalue weighted by Gasteiger charge is -2.19. The standard InChI is InChI=1S/C11H14N6/c12-10-9-7(15-11(13)16-10)5-14-6-8(9)17-3-1-2-4-17/h5-6H,1-4H2,(H4,12,13,15,16). The third-order valence-electron chi connectivity index (χ3n) is 3.08. The van der Waals surface area contributed by atoms with Crippen LogP contribution in [0.15, 0.2) is 12.4 Å². The molecule has 6 heteroatoms. The van der Waals surface area contributed by atoms with Gasteiger partial charge in [-0.3, -0.25) is 4.98 Å². The smallest absolute Gasteiger partial charge is 0.222 e. The van der Waals surface area contributed by atoms with Crippen LogP contribution in [0.4, 0.5) is 17.5 Å². The van der Waals surface area contributed by atoms with Gasteiger partial charge in [0.1, 0.15) is 5.82 Å². The van der Waals surface area contributed by atoms with Gasteiger partial charge in [-0.2, -0.15) is 4.98 Å². The first kappa shape index (κ1) is 10.1. The number of hydrogen-bond acceptors (Lipinski definition) is 6. The summed E-state index contributed by atoms with van der Waals surface area (Å²) in [4.78, 5) is 14.7. The molecule has 1 fully saturated rings. The summed E-state index contributed by atoms with van der Waals surface area (Å²) in [5.41, 5.74) is 13.2. The molecule has 0 bridgehead atoms. The minimum absolute atomic E-state index is 0.190. The second-order valence-electron chi connectivity index (χ2n) is 4.21. The molecule has 2 aromatic heterocycles. The Morgan fingerprint density at radius 3 is 2.59 bits per heavy atom. The van der Waals surface area contributed by atoms with Crippen LogP contribution in [0.25, 0.3) is 10.9 Å². The largest absolute Gasteiger partial charge is 0.383 e. The monoisotopic (exact) mass is 230 g/mol. The minimum Gasteiger partial charge on any atom is -0.383 e. The third kappa shape index (κ3) is 1.61. The number of nitrogens with two attached hydrogens (primary N) is 2. The van der Waals surface area contributed by atoms with Crippen LogP contribution in [0.2, 0.25) is 0 Å². The summed E-state index contributed by atoms with van der Waals surface area (Å²) in [5.74, 6) is 0.618. The Morgan fingerprint density at radius 2 is 1.82 bits per heavy atom. The van der Waals surface area contributed by atoms with Crippen LogP contribution in [-0.4, -0.2) is 28.0 Å². The van der Waals surface area contributed by atoms with Gasteiger partial charge >= 0.3 is 0 Å². The van der Waals surface area contributed by atoms with E-state index >= 15 is 0 Å². The zero-order valence-corrected chi connectivity index (χ0v) is 9.43. The molecule has 3 rings (SSSR count). The van der Waals surface area contributed by atoms with Gasteiger partial charge in [-0.05, 0) is 12.8 Å². The summed E-state index contributed by atoms with van der Waals surface area (Å²) >= 11 is 0. The van der Waals surface area contributed by atoms with Crippen molar-refractivity contribution in [1.82, 2.24) is 15.0 Å². The zero-order chi connectivity index (χ0) is 11.8. The number of rotatable bonds is 1. The molecule has 0 saturated carbocycles. The molecule has 0 spiro atoms. The SMILES string of the molecule is Nc1nc(N)c2c(N3CCCC3)cncc2n1. The Bertz CT molecular complexity index is 561. The molecule has 1 aliphatic heterocycles. The van der Waals surface area contributed by atoms with E-state index in [9.17, 15) is 0 Å². The number of hydrogen-bond donors (Lipinski definition) is 2. The Kier molecular flexibility index (Phi) is 2.21. The molecular formula is C11H14N6. The average Bonchev–Trinajstić information content (AvgIpc) is 2.80. The van der Waals surface area contributed by atoms with Gasteiger partial charge in [0.05, 0.1) is 29.0 Å². The van der Waals surface area contributed by atoms with Crippen LogP contribution in [0.5, 0.6) is 0 Å². The van der Waals surface area contributed by atoms with E-state index in [0.717, 1.165) is 24.2 Å². The number of pyridine rings is 1. The molecule has 0 amide bonds. The topological polar surface area (TPSA) is 93.9 Å². The van der Waals surface area contributed by atoms with Gasteiger partial charge in [-0.1, -0.05) is 0 Å². The van der Waals surface area contributed by atoms with E-state index in [2.05, 4.69) is 19.9 Å². The van der Waals surface area contributed by atoms with Crippen molar-refractivity contribution in [3.05, 3.63) is 12.4 Å². The van der Waals surface area contributed by atoms with Gasteiger partial charge in [0.2, 0.25) is 5.95 Å². The van der Waals surface area contributed by atoms with Crippen molar-refractivity contribution in [3.8, 4) is 0 Å². The van der Waals surface area contributed by atoms with Crippen LogP contribution in [0.3, 0.4) is 0 Å². The van der Waals surface area contributed by atoms with E-state index < -0.39 is 0 Å². The van der Waals surface area contributed by atoms with E-state index in [4.69, 9.17) is 11.5 Å². The van der Waals surface area contributed by atoms with Gasteiger partial charge in [0, 0.05) is 13.1 Å². The second-order valence-corrected chi connectivity index (χ2v) is 4.21. The third-order valence-corrected chi connectivity index (χ3v) is 3.08. The number of nitrogens with zero attached hydrogens (tertiary/aromatic N) is 4. The molecule has 4 N–H and O–H groups in total. The fourth-order valence-electron chi connectivity index (χ4n) is 2.31. The molecule has 1 aliphatic rings. The van der Waals surface area contributed by atoms with Crippen molar-refractivity contribution < 1.29 is 0 Å². The van der Waals surface area contributed by atoms with Gasteiger partial charge in [-0.15, -0.1) is 0 Å². The maximum Gasteiger partial charge on any atom is 0.222 e. The van der Waals surface area contributed by atoms with E-state index in [1.165, 1.54) is 12.8 Å². The summed E-state index contributed by atoms with van der Waals surface area (Å²) in [6, 6.07) is 0. The lowest BCUT2D eigenvalue weighted by Crippen LogP contribution is -2.19. The predicted molar refractivity (Wildman–Crippen MR) is 67.6 cm³/mol. The summed E-state index contributed by atoms with van der Waals surface area (Å²) < 4.78 is 0. The maximum atomic E-state index is 5.94. The van der Waals surface area contributed by atoms with E-state index in [1.807, 2.05) is 6.20 Å². The van der Waals surface area contributed by atoms with Crippen molar-refractivity contribution in [2.45, 2.75) is 12.8 Å². The van der Waals surface area contributed by atoms with Gasteiger partial charge in [-0.25, -0.2) is 4.98 Å². The molecule has 3 heterocycles. The summed E-state index contributed by atoms with van der Waals surface area (Å²) in [5, 5.41) is 0.858. The molecule has 2 aromatic rings. The quantitative estimate of drug-likeness (QED) is 0.752. The first-order valence-electron chi connectivity index (χ1n) is 5.67. The Labute approximate surface area is 98.7 Å². The van der Waals surface area contributed by atoms with Crippen molar-refractivity contribution >= 4 is 28.4 Å². The summed E-state index contributed by atoms with van der Waals surface area (Å²) in [6.07, 6.45) is 5.89. The van der Waals surface area contributed by atoms with Gasteiger partial charge in [0.25, 0.3) is 0 Å². The first-order chi connectivity index (χ1) is 8.25. The molecule has 0 aliphatic carbocycles. The highest BCUT2D eigenvalue weighted by Gasteiger charge is 2.17. The minimum atomic E-state index is 0.190. The Morgan fingerprint density at radius 1 is 1.06 bits per heavy atom. The average molecular weight is 230 g/mol. The van der Waals surface area contributed by atoms with Crippen LogP contribution < -0.4 is 16.4 Å². The molecule has 6 nitrogen and oxygen atoms in total. The van der Waals surface area contributed by atoms with Crippen molar-refractivity contribution in [2.75, 3.05) is 29.5 Å². The molecule has 88 valence electrons. The molecule has 1 saturated heterocycles. The van der Waals surface area contributed by atoms with Crippen molar-refractivity contribution in [1.29, 1.82) is 0 Å². The first-order valence-corrected chi connectivity index (χ1v) is 5.67. The van der Waals surface area contributed by atoms with Crippen molar-refractivity contribution in [2.24, 2.45) is 0 Å². The lowest BCUT2D eigenvalue weighted by atomic mass is 10.2. The second kappa shape index (κ2) is 3.73. The highest BCUT2D eigenvalue weighted by atomic mass is 15.2.